The van der Waals surface area contributed by atoms with Crippen LogP contribution < -0.4 is 4.74 Å². The molecule has 2 aromatic carbocycles. The lowest BCUT2D eigenvalue weighted by atomic mass is 9.72. The number of pyridine rings is 1. The second-order valence-corrected chi connectivity index (χ2v) is 8.09. The van der Waals surface area contributed by atoms with Crippen LogP contribution in [0.25, 0.3) is 0 Å². The molecule has 2 aliphatic rings. The first-order valence-corrected chi connectivity index (χ1v) is 9.99. The number of ether oxygens (including phenoxy) is 1. The first-order valence-electron chi connectivity index (χ1n) is 9.99. The predicted octanol–water partition coefficient (Wildman–Crippen LogP) is 4.73. The number of hydrogen-bond donors (Lipinski definition) is 2. The largest absolute Gasteiger partial charge is 0.506 e. The van der Waals surface area contributed by atoms with Crippen LogP contribution >= 0.6 is 0 Å². The highest BCUT2D eigenvalue weighted by Gasteiger charge is 2.69. The number of hydrogen-bond acceptors (Lipinski definition) is 5. The SMILES string of the molecule is N#Cc1ccc(C23Oc4cc(O)c(C(F)(F)F)nc4C2(O)CCC3c2ccccc2)cc1. The molecule has 0 radical (unpaired) electrons. The molecule has 1 aromatic heterocycles. The topological polar surface area (TPSA) is 86.4 Å². The number of alkyl halides is 3. The first-order chi connectivity index (χ1) is 15.2. The molecule has 1 fully saturated rings. The van der Waals surface area contributed by atoms with E-state index in [-0.39, 0.29) is 17.9 Å². The summed E-state index contributed by atoms with van der Waals surface area (Å²) in [5, 5.41) is 31.1. The number of aromatic hydroxyl groups is 1. The van der Waals surface area contributed by atoms with Crippen LogP contribution in [0.3, 0.4) is 0 Å². The van der Waals surface area contributed by atoms with Crippen molar-refractivity contribution in [2.45, 2.75) is 36.1 Å². The molecule has 0 spiro atoms. The average molecular weight is 438 g/mol. The van der Waals surface area contributed by atoms with Gasteiger partial charge in [-0.05, 0) is 36.1 Å². The fourth-order valence-corrected chi connectivity index (χ4v) is 5.10. The van der Waals surface area contributed by atoms with E-state index in [2.05, 4.69) is 4.98 Å². The van der Waals surface area contributed by atoms with Gasteiger partial charge in [0.05, 0.1) is 11.6 Å². The zero-order chi connectivity index (χ0) is 22.7. The Bertz CT molecular complexity index is 1240. The van der Waals surface area contributed by atoms with E-state index in [1.807, 2.05) is 36.4 Å². The van der Waals surface area contributed by atoms with Crippen molar-refractivity contribution in [2.24, 2.45) is 0 Å². The Hall–Kier alpha value is -3.57. The highest BCUT2D eigenvalue weighted by Crippen LogP contribution is 2.66. The van der Waals surface area contributed by atoms with Crippen molar-refractivity contribution < 1.29 is 28.1 Å². The Morgan fingerprint density at radius 2 is 1.78 bits per heavy atom. The van der Waals surface area contributed by atoms with Gasteiger partial charge in [0, 0.05) is 12.0 Å². The van der Waals surface area contributed by atoms with Crippen molar-refractivity contribution >= 4 is 0 Å². The monoisotopic (exact) mass is 438 g/mol. The third-order valence-electron chi connectivity index (χ3n) is 6.44. The van der Waals surface area contributed by atoms with Crippen molar-refractivity contribution in [3.63, 3.8) is 0 Å². The van der Waals surface area contributed by atoms with E-state index in [0.29, 0.717) is 17.5 Å². The van der Waals surface area contributed by atoms with Gasteiger partial charge in [-0.1, -0.05) is 42.5 Å². The first kappa shape index (κ1) is 20.3. The molecule has 5 nitrogen and oxygen atoms in total. The molecule has 3 unspecified atom stereocenters. The van der Waals surface area contributed by atoms with Gasteiger partial charge in [-0.25, -0.2) is 4.98 Å². The molecule has 1 aliphatic carbocycles. The lowest BCUT2D eigenvalue weighted by Crippen LogP contribution is -2.48. The Labute approximate surface area is 181 Å². The predicted molar refractivity (Wildman–Crippen MR) is 107 cm³/mol. The number of nitrogens with zero attached hydrogens (tertiary/aromatic N) is 2. The molecule has 1 saturated carbocycles. The highest BCUT2D eigenvalue weighted by atomic mass is 19.4. The molecule has 2 N–H and O–H groups in total. The van der Waals surface area contributed by atoms with Crippen LogP contribution in [0, 0.1) is 11.3 Å². The fraction of sp³-hybridized carbons (Fsp3) is 0.250. The molecular formula is C24H17F3N2O3. The lowest BCUT2D eigenvalue weighted by Gasteiger charge is -2.39. The zero-order valence-corrected chi connectivity index (χ0v) is 16.6. The van der Waals surface area contributed by atoms with Crippen LogP contribution in [0.4, 0.5) is 13.2 Å². The molecule has 2 heterocycles. The molecule has 3 atom stereocenters. The Kier molecular flexibility index (Phi) is 4.27. The van der Waals surface area contributed by atoms with Gasteiger partial charge in [0.1, 0.15) is 17.2 Å². The van der Waals surface area contributed by atoms with Crippen LogP contribution in [0.2, 0.25) is 0 Å². The minimum Gasteiger partial charge on any atom is -0.506 e. The van der Waals surface area contributed by atoms with Gasteiger partial charge in [0.2, 0.25) is 0 Å². The highest BCUT2D eigenvalue weighted by molar-refractivity contribution is 5.54. The normalized spacial score (nSPS) is 26.2. The van der Waals surface area contributed by atoms with Crippen LogP contribution in [-0.4, -0.2) is 15.2 Å². The minimum atomic E-state index is -4.90. The summed E-state index contributed by atoms with van der Waals surface area (Å²) in [5.41, 5.74) is -3.30. The van der Waals surface area contributed by atoms with E-state index in [1.54, 1.807) is 24.3 Å². The molecule has 3 aromatic rings. The fourth-order valence-electron chi connectivity index (χ4n) is 5.10. The minimum absolute atomic E-state index is 0.0945. The summed E-state index contributed by atoms with van der Waals surface area (Å²) in [7, 11) is 0. The van der Waals surface area contributed by atoms with Crippen molar-refractivity contribution in [1.82, 2.24) is 4.98 Å². The summed E-state index contributed by atoms with van der Waals surface area (Å²) in [5.74, 6) is -1.57. The summed E-state index contributed by atoms with van der Waals surface area (Å²) < 4.78 is 46.6. The number of fused-ring (bicyclic) bond motifs is 3. The third-order valence-corrected chi connectivity index (χ3v) is 6.44. The van der Waals surface area contributed by atoms with Crippen molar-refractivity contribution in [3.8, 4) is 17.6 Å². The molecule has 5 rings (SSSR count). The maximum atomic E-state index is 13.5. The van der Waals surface area contributed by atoms with E-state index in [1.165, 1.54) is 0 Å². The van der Waals surface area contributed by atoms with Crippen molar-refractivity contribution in [2.75, 3.05) is 0 Å². The smallest absolute Gasteiger partial charge is 0.437 e. The number of nitriles is 1. The van der Waals surface area contributed by atoms with Crippen molar-refractivity contribution in [1.29, 1.82) is 5.26 Å². The van der Waals surface area contributed by atoms with Crippen LogP contribution in [0.1, 0.15) is 46.8 Å². The molecule has 1 aliphatic heterocycles. The average Bonchev–Trinajstić information content (AvgIpc) is 3.20. The quantitative estimate of drug-likeness (QED) is 0.604. The van der Waals surface area contributed by atoms with Gasteiger partial charge in [0.15, 0.2) is 16.9 Å². The number of aromatic nitrogens is 1. The molecule has 162 valence electrons. The molecule has 0 bridgehead atoms. The number of rotatable bonds is 2. The van der Waals surface area contributed by atoms with Gasteiger partial charge in [-0.15, -0.1) is 0 Å². The van der Waals surface area contributed by atoms with Gasteiger partial charge in [0.25, 0.3) is 0 Å². The summed E-state index contributed by atoms with van der Waals surface area (Å²) in [6, 6.07) is 18.6. The molecule has 8 heteroatoms. The van der Waals surface area contributed by atoms with Crippen LogP contribution in [-0.2, 0) is 17.4 Å². The number of benzene rings is 2. The second-order valence-electron chi connectivity index (χ2n) is 8.09. The van der Waals surface area contributed by atoms with Crippen LogP contribution in [0.5, 0.6) is 11.5 Å². The molecule has 0 saturated heterocycles. The van der Waals surface area contributed by atoms with Gasteiger partial charge >= 0.3 is 6.18 Å². The van der Waals surface area contributed by atoms with E-state index in [4.69, 9.17) is 10.00 Å². The summed E-state index contributed by atoms with van der Waals surface area (Å²) in [6.45, 7) is 0. The molecular weight excluding hydrogens is 421 g/mol. The van der Waals surface area contributed by atoms with E-state index in [0.717, 1.165) is 11.6 Å². The Morgan fingerprint density at radius 1 is 1.09 bits per heavy atom. The maximum Gasteiger partial charge on any atom is 0.437 e. The van der Waals surface area contributed by atoms with E-state index in [9.17, 15) is 23.4 Å². The summed E-state index contributed by atoms with van der Waals surface area (Å²) in [6.07, 6.45) is -4.36. The van der Waals surface area contributed by atoms with E-state index >= 15 is 0 Å². The number of aliphatic hydroxyl groups is 1. The summed E-state index contributed by atoms with van der Waals surface area (Å²) in [4.78, 5) is 3.67. The lowest BCUT2D eigenvalue weighted by molar-refractivity contribution is -0.143. The van der Waals surface area contributed by atoms with Crippen LogP contribution in [0.15, 0.2) is 60.7 Å². The Morgan fingerprint density at radius 3 is 2.41 bits per heavy atom. The summed E-state index contributed by atoms with van der Waals surface area (Å²) >= 11 is 0. The zero-order valence-electron chi connectivity index (χ0n) is 16.6. The van der Waals surface area contributed by atoms with Gasteiger partial charge in [-0.3, -0.25) is 0 Å². The third kappa shape index (κ3) is 2.64. The van der Waals surface area contributed by atoms with Crippen molar-refractivity contribution in [3.05, 3.63) is 88.7 Å². The second kappa shape index (κ2) is 6.71. The van der Waals surface area contributed by atoms with Gasteiger partial charge in [-0.2, -0.15) is 18.4 Å². The van der Waals surface area contributed by atoms with E-state index < -0.39 is 34.7 Å². The molecule has 0 amide bonds. The van der Waals surface area contributed by atoms with Gasteiger partial charge < -0.3 is 14.9 Å². The standard InChI is InChI=1S/C24H17F3N2O3/c25-24(26,27)20-18(30)12-19-21(29-20)22(31)11-10-17(15-4-2-1-3-5-15)23(22,32-19)16-8-6-14(13-28)7-9-16/h1-9,12,17,30-31H,10-11H2. The molecule has 32 heavy (non-hydrogen) atoms. The Balaban J connectivity index is 1.76. The number of halogens is 3. The maximum absolute atomic E-state index is 13.5.